The molecule has 7 heteroatoms. The van der Waals surface area contributed by atoms with Crippen LogP contribution in [-0.2, 0) is 0 Å². The summed E-state index contributed by atoms with van der Waals surface area (Å²) in [5, 5.41) is 14.0. The van der Waals surface area contributed by atoms with Crippen LogP contribution in [0.25, 0.3) is 0 Å². The van der Waals surface area contributed by atoms with Gasteiger partial charge < -0.3 is 16.0 Å². The Morgan fingerprint density at radius 2 is 2.14 bits per heavy atom. The van der Waals surface area contributed by atoms with Crippen molar-refractivity contribution in [3.8, 4) is 0 Å². The molecular weight excluding hydrogens is 272 g/mol. The van der Waals surface area contributed by atoms with E-state index >= 15 is 0 Å². The zero-order valence-electron chi connectivity index (χ0n) is 12.0. The van der Waals surface area contributed by atoms with Gasteiger partial charge in [-0.15, -0.1) is 0 Å². The van der Waals surface area contributed by atoms with Crippen molar-refractivity contribution in [3.63, 3.8) is 0 Å². The van der Waals surface area contributed by atoms with Gasteiger partial charge in [0.05, 0.1) is 10.5 Å². The van der Waals surface area contributed by atoms with Gasteiger partial charge in [-0.3, -0.25) is 14.9 Å². The number of rotatable bonds is 4. The normalized spacial score (nSPS) is 16.0. The molecule has 1 amide bonds. The lowest BCUT2D eigenvalue weighted by Crippen LogP contribution is -2.40. The minimum atomic E-state index is -0.518. The molecule has 0 saturated carbocycles. The third-order valence-electron chi connectivity index (χ3n) is 3.87. The van der Waals surface area contributed by atoms with Gasteiger partial charge in [0, 0.05) is 30.9 Å². The van der Waals surface area contributed by atoms with Crippen LogP contribution in [0.2, 0.25) is 0 Å². The van der Waals surface area contributed by atoms with E-state index in [2.05, 4.69) is 5.32 Å². The molecule has 1 heterocycles. The van der Waals surface area contributed by atoms with Crippen LogP contribution in [-0.4, -0.2) is 42.4 Å². The topological polar surface area (TPSA) is 102 Å². The first kappa shape index (κ1) is 15.2. The number of hydrogen-bond acceptors (Lipinski definition) is 5. The number of amides is 1. The number of nitro groups is 1. The molecular formula is C14H20N4O3. The Morgan fingerprint density at radius 3 is 2.71 bits per heavy atom. The molecule has 1 aromatic rings. The number of carbonyl (C=O) groups excluding carboxylic acids is 1. The van der Waals surface area contributed by atoms with Gasteiger partial charge in [0.1, 0.15) is 0 Å². The molecule has 1 saturated heterocycles. The van der Waals surface area contributed by atoms with Crippen LogP contribution in [0.3, 0.4) is 0 Å². The summed E-state index contributed by atoms with van der Waals surface area (Å²) in [4.78, 5) is 24.5. The van der Waals surface area contributed by atoms with Crippen molar-refractivity contribution in [2.24, 2.45) is 5.92 Å². The molecule has 21 heavy (non-hydrogen) atoms. The van der Waals surface area contributed by atoms with Crippen LogP contribution in [0.15, 0.2) is 18.2 Å². The highest BCUT2D eigenvalue weighted by atomic mass is 16.6. The lowest BCUT2D eigenvalue weighted by molar-refractivity contribution is -0.384. The maximum atomic E-state index is 12.5. The summed E-state index contributed by atoms with van der Waals surface area (Å²) in [6, 6.07) is 3.99. The van der Waals surface area contributed by atoms with Crippen molar-refractivity contribution < 1.29 is 9.72 Å². The van der Waals surface area contributed by atoms with Crippen LogP contribution in [0.1, 0.15) is 23.2 Å². The van der Waals surface area contributed by atoms with Gasteiger partial charge >= 0.3 is 0 Å². The van der Waals surface area contributed by atoms with E-state index in [0.29, 0.717) is 19.0 Å². The highest BCUT2D eigenvalue weighted by Crippen LogP contribution is 2.24. The Labute approximate surface area is 123 Å². The first-order chi connectivity index (χ1) is 10.0. The highest BCUT2D eigenvalue weighted by Gasteiger charge is 2.25. The van der Waals surface area contributed by atoms with Gasteiger partial charge in [-0.25, -0.2) is 0 Å². The molecule has 1 aliphatic heterocycles. The van der Waals surface area contributed by atoms with Crippen molar-refractivity contribution in [1.82, 2.24) is 10.2 Å². The molecule has 0 unspecified atom stereocenters. The lowest BCUT2D eigenvalue weighted by atomic mass is 9.96. The fourth-order valence-corrected chi connectivity index (χ4v) is 2.64. The van der Waals surface area contributed by atoms with E-state index in [0.717, 1.165) is 19.4 Å². The first-order valence-electron chi connectivity index (χ1n) is 7.00. The first-order valence-corrected chi connectivity index (χ1v) is 7.00. The van der Waals surface area contributed by atoms with Crippen molar-refractivity contribution in [2.75, 3.05) is 32.4 Å². The molecule has 2 rings (SSSR count). The van der Waals surface area contributed by atoms with Crippen LogP contribution in [0.4, 0.5) is 11.4 Å². The summed E-state index contributed by atoms with van der Waals surface area (Å²) >= 11 is 0. The molecule has 7 nitrogen and oxygen atoms in total. The fourth-order valence-electron chi connectivity index (χ4n) is 2.64. The number of non-ortho nitro benzene ring substituents is 1. The number of likely N-dealkylation sites (tertiary alicyclic amines) is 1. The second-order valence-corrected chi connectivity index (χ2v) is 5.32. The summed E-state index contributed by atoms with van der Waals surface area (Å²) in [7, 11) is 1.92. The average molecular weight is 292 g/mol. The highest BCUT2D eigenvalue weighted by molar-refractivity contribution is 5.99. The minimum absolute atomic E-state index is 0.113. The number of nitro benzene ring substituents is 1. The standard InChI is InChI=1S/C14H20N4O3/c1-16-9-10-4-6-17(7-5-10)14(19)12-8-11(18(20)21)2-3-13(12)15/h2-3,8,10,16H,4-7,9,15H2,1H3. The van der Waals surface area contributed by atoms with Crippen molar-refractivity contribution in [3.05, 3.63) is 33.9 Å². The maximum absolute atomic E-state index is 12.5. The molecule has 1 aromatic carbocycles. The molecule has 1 aliphatic rings. The van der Waals surface area contributed by atoms with E-state index in [4.69, 9.17) is 5.73 Å². The number of nitrogens with two attached hydrogens (primary N) is 1. The van der Waals surface area contributed by atoms with Crippen molar-refractivity contribution in [1.29, 1.82) is 0 Å². The van der Waals surface area contributed by atoms with Crippen molar-refractivity contribution >= 4 is 17.3 Å². The van der Waals surface area contributed by atoms with Crippen molar-refractivity contribution in [2.45, 2.75) is 12.8 Å². The number of nitrogens with one attached hydrogen (secondary N) is 1. The lowest BCUT2D eigenvalue weighted by Gasteiger charge is -2.32. The molecule has 0 bridgehead atoms. The van der Waals surface area contributed by atoms with Gasteiger partial charge in [-0.1, -0.05) is 0 Å². The summed E-state index contributed by atoms with van der Waals surface area (Å²) in [5.74, 6) is 0.348. The van der Waals surface area contributed by atoms with E-state index in [1.165, 1.54) is 18.2 Å². The Balaban J connectivity index is 2.10. The third kappa shape index (κ3) is 3.49. The second kappa shape index (κ2) is 6.53. The Morgan fingerprint density at radius 1 is 1.48 bits per heavy atom. The molecule has 0 aromatic heterocycles. The second-order valence-electron chi connectivity index (χ2n) is 5.32. The number of hydrogen-bond donors (Lipinski definition) is 2. The number of benzene rings is 1. The van der Waals surface area contributed by atoms with Crippen LogP contribution in [0, 0.1) is 16.0 Å². The smallest absolute Gasteiger partial charge is 0.270 e. The monoisotopic (exact) mass is 292 g/mol. The van der Waals surface area contributed by atoms with E-state index < -0.39 is 4.92 Å². The largest absolute Gasteiger partial charge is 0.398 e. The average Bonchev–Trinajstić information content (AvgIpc) is 2.48. The molecule has 0 aliphatic carbocycles. The molecule has 0 radical (unpaired) electrons. The van der Waals surface area contributed by atoms with Crippen LogP contribution in [0.5, 0.6) is 0 Å². The van der Waals surface area contributed by atoms with E-state index in [1.54, 1.807) is 4.90 Å². The number of carbonyl (C=O) groups is 1. The number of anilines is 1. The van der Waals surface area contributed by atoms with Crippen LogP contribution < -0.4 is 11.1 Å². The summed E-state index contributed by atoms with van der Waals surface area (Å²) in [5.41, 5.74) is 6.18. The molecule has 0 atom stereocenters. The predicted octanol–water partition coefficient (Wildman–Crippen LogP) is 1.25. The SMILES string of the molecule is CNCC1CCN(C(=O)c2cc([N+](=O)[O-])ccc2N)CC1. The molecule has 3 N–H and O–H groups in total. The molecule has 0 spiro atoms. The minimum Gasteiger partial charge on any atom is -0.398 e. The van der Waals surface area contributed by atoms with Gasteiger partial charge in [-0.2, -0.15) is 0 Å². The van der Waals surface area contributed by atoms with E-state index in [-0.39, 0.29) is 22.8 Å². The zero-order valence-corrected chi connectivity index (χ0v) is 12.0. The summed E-state index contributed by atoms with van der Waals surface area (Å²) in [6.07, 6.45) is 1.86. The summed E-state index contributed by atoms with van der Waals surface area (Å²) < 4.78 is 0. The van der Waals surface area contributed by atoms with E-state index in [9.17, 15) is 14.9 Å². The fraction of sp³-hybridized carbons (Fsp3) is 0.500. The van der Waals surface area contributed by atoms with Gasteiger partial charge in [0.25, 0.3) is 11.6 Å². The summed E-state index contributed by atoms with van der Waals surface area (Å²) in [6.45, 7) is 2.27. The zero-order chi connectivity index (χ0) is 15.4. The maximum Gasteiger partial charge on any atom is 0.270 e. The number of piperidine rings is 1. The van der Waals surface area contributed by atoms with Gasteiger partial charge in [0.2, 0.25) is 0 Å². The molecule has 114 valence electrons. The van der Waals surface area contributed by atoms with Gasteiger partial charge in [0.15, 0.2) is 0 Å². The number of nitrogen functional groups attached to an aromatic ring is 1. The Kier molecular flexibility index (Phi) is 4.74. The van der Waals surface area contributed by atoms with E-state index in [1.807, 2.05) is 7.05 Å². The number of nitrogens with zero attached hydrogens (tertiary/aromatic N) is 2. The quantitative estimate of drug-likeness (QED) is 0.494. The third-order valence-corrected chi connectivity index (χ3v) is 3.87. The Bertz CT molecular complexity index is 539. The van der Waals surface area contributed by atoms with Gasteiger partial charge in [-0.05, 0) is 38.4 Å². The molecule has 1 fully saturated rings. The Hall–Kier alpha value is -2.15. The van der Waals surface area contributed by atoms with Crippen LogP contribution >= 0.6 is 0 Å². The predicted molar refractivity (Wildman–Crippen MR) is 80.1 cm³/mol.